The van der Waals surface area contributed by atoms with Crippen LogP contribution >= 0.6 is 0 Å². The first-order valence-electron chi connectivity index (χ1n) is 2.60. The second-order valence-electron chi connectivity index (χ2n) is 1.66. The van der Waals surface area contributed by atoms with Crippen LogP contribution in [0.3, 0.4) is 0 Å². The average Bonchev–Trinajstić information content (AvgIpc) is 1.66. The third kappa shape index (κ3) is 5.22. The van der Waals surface area contributed by atoms with Crippen LogP contribution in [0.15, 0.2) is 30.4 Å². The smallest absolute Gasteiger partial charge is 0.0395 e. The Balaban J connectivity index is 3.50. The molecule has 0 aromatic heterocycles. The minimum absolute atomic E-state index is 1.07. The molecular weight excluding hydrogens is 96.1 g/mol. The lowest BCUT2D eigenvalue weighted by atomic mass is 10.3. The summed E-state index contributed by atoms with van der Waals surface area (Å²) in [5, 5.41) is 0. The molecule has 0 rings (SSSR count). The van der Waals surface area contributed by atoms with Gasteiger partial charge in [-0.15, -0.1) is 0 Å². The summed E-state index contributed by atoms with van der Waals surface area (Å²) in [4.78, 5) is 0. The molecule has 0 bridgehead atoms. The van der Waals surface area contributed by atoms with Crippen molar-refractivity contribution in [2.75, 3.05) is 0 Å². The highest BCUT2D eigenvalue weighted by atomic mass is 13.7. The van der Waals surface area contributed by atoms with Crippen LogP contribution < -0.4 is 0 Å². The van der Waals surface area contributed by atoms with Crippen LogP contribution in [0.5, 0.6) is 0 Å². The Morgan fingerprint density at radius 3 is 2.62 bits per heavy atom. The van der Waals surface area contributed by atoms with E-state index in [2.05, 4.69) is 12.7 Å². The highest BCUT2D eigenvalue weighted by molar-refractivity contribution is 5.15. The lowest BCUT2D eigenvalue weighted by Crippen LogP contribution is -1.57. The Kier molecular flexibility index (Phi) is 3.95. The van der Waals surface area contributed by atoms with Crippen molar-refractivity contribution in [3.63, 3.8) is 0 Å². The second kappa shape index (κ2) is 4.38. The van der Waals surface area contributed by atoms with Gasteiger partial charge >= 0.3 is 0 Å². The largest absolute Gasteiger partial charge is 0.0961 e. The molecule has 0 saturated heterocycles. The molecule has 0 aromatic rings. The molecule has 0 aromatic carbocycles. The Labute approximate surface area is 51.2 Å². The summed E-state index contributed by atoms with van der Waals surface area (Å²) in [5.41, 5.74) is 1.07. The maximum atomic E-state index is 3.69. The van der Waals surface area contributed by atoms with Crippen LogP contribution in [0.2, 0.25) is 0 Å². The molecule has 0 unspecified atom stereocenters. The molecule has 0 spiro atoms. The molecule has 0 saturated carbocycles. The first-order chi connectivity index (χ1) is 3.77. The molecule has 0 atom stereocenters. The van der Waals surface area contributed by atoms with Gasteiger partial charge in [-0.25, -0.2) is 0 Å². The van der Waals surface area contributed by atoms with E-state index in [9.17, 15) is 0 Å². The Morgan fingerprint density at radius 2 is 2.25 bits per heavy atom. The van der Waals surface area contributed by atoms with Crippen molar-refractivity contribution in [2.24, 2.45) is 0 Å². The minimum Gasteiger partial charge on any atom is -0.0961 e. The standard InChI is InChI=1S/C8H11/c1-4-5-6-7-8(2)3/h5-7H,2H2,1,3H3. The molecular formula is C8H11. The zero-order valence-electron chi connectivity index (χ0n) is 5.44. The van der Waals surface area contributed by atoms with E-state index in [4.69, 9.17) is 0 Å². The van der Waals surface area contributed by atoms with Crippen molar-refractivity contribution in [3.05, 3.63) is 36.5 Å². The third-order valence-corrected chi connectivity index (χ3v) is 0.644. The summed E-state index contributed by atoms with van der Waals surface area (Å²) >= 11 is 0. The van der Waals surface area contributed by atoms with Gasteiger partial charge in [0, 0.05) is 0 Å². The van der Waals surface area contributed by atoms with Crippen LogP contribution in [-0.4, -0.2) is 0 Å². The lowest BCUT2D eigenvalue weighted by molar-refractivity contribution is 1.55. The highest BCUT2D eigenvalue weighted by Gasteiger charge is 1.66. The van der Waals surface area contributed by atoms with Gasteiger partial charge in [-0.2, -0.15) is 0 Å². The molecule has 0 aliphatic carbocycles. The van der Waals surface area contributed by atoms with E-state index < -0.39 is 0 Å². The first-order valence-corrected chi connectivity index (χ1v) is 2.60. The van der Waals surface area contributed by atoms with Gasteiger partial charge in [0.25, 0.3) is 0 Å². The van der Waals surface area contributed by atoms with Gasteiger partial charge in [0.15, 0.2) is 0 Å². The SMILES string of the molecule is C=C(C)C=C/C=[C]/C. The molecule has 0 amide bonds. The maximum absolute atomic E-state index is 3.69. The topological polar surface area (TPSA) is 0 Å². The van der Waals surface area contributed by atoms with Crippen molar-refractivity contribution in [1.29, 1.82) is 0 Å². The quantitative estimate of drug-likeness (QED) is 0.475. The summed E-state index contributed by atoms with van der Waals surface area (Å²) < 4.78 is 0. The zero-order chi connectivity index (χ0) is 6.41. The monoisotopic (exact) mass is 107 g/mol. The summed E-state index contributed by atoms with van der Waals surface area (Å²) in [6, 6.07) is 0. The zero-order valence-corrected chi connectivity index (χ0v) is 5.44. The molecule has 1 radical (unpaired) electrons. The maximum Gasteiger partial charge on any atom is -0.0395 e. The molecule has 0 fully saturated rings. The fourth-order valence-electron chi connectivity index (χ4n) is 0.309. The van der Waals surface area contributed by atoms with Crippen LogP contribution in [0, 0.1) is 6.08 Å². The van der Waals surface area contributed by atoms with Crippen LogP contribution in [-0.2, 0) is 0 Å². The van der Waals surface area contributed by atoms with Gasteiger partial charge in [0.05, 0.1) is 0 Å². The van der Waals surface area contributed by atoms with Gasteiger partial charge in [0.2, 0.25) is 0 Å². The Morgan fingerprint density at radius 1 is 1.62 bits per heavy atom. The Bertz CT molecular complexity index is 116. The first kappa shape index (κ1) is 7.22. The molecule has 8 heavy (non-hydrogen) atoms. The van der Waals surface area contributed by atoms with E-state index in [0.717, 1.165) is 5.57 Å². The molecule has 0 nitrogen and oxygen atoms in total. The van der Waals surface area contributed by atoms with E-state index in [0.29, 0.717) is 0 Å². The lowest BCUT2D eigenvalue weighted by Gasteiger charge is -1.78. The van der Waals surface area contributed by atoms with Crippen LogP contribution in [0.4, 0.5) is 0 Å². The van der Waals surface area contributed by atoms with Crippen molar-refractivity contribution in [3.8, 4) is 0 Å². The Hall–Kier alpha value is -0.780. The van der Waals surface area contributed by atoms with Gasteiger partial charge in [-0.05, 0) is 19.9 Å². The normalized spacial score (nSPS) is 11.2. The summed E-state index contributed by atoms with van der Waals surface area (Å²) in [7, 11) is 0. The number of hydrogen-bond donors (Lipinski definition) is 0. The molecule has 0 heterocycles. The fourth-order valence-corrected chi connectivity index (χ4v) is 0.309. The molecule has 0 aliphatic rings. The van der Waals surface area contributed by atoms with E-state index in [1.54, 1.807) is 0 Å². The molecule has 0 heteroatoms. The van der Waals surface area contributed by atoms with Crippen LogP contribution in [0.25, 0.3) is 0 Å². The van der Waals surface area contributed by atoms with Gasteiger partial charge in [-0.3, -0.25) is 0 Å². The summed E-state index contributed by atoms with van der Waals surface area (Å²) in [6.45, 7) is 7.51. The van der Waals surface area contributed by atoms with E-state index in [-0.39, 0.29) is 0 Å². The fraction of sp³-hybridized carbons (Fsp3) is 0.250. The average molecular weight is 107 g/mol. The molecule has 0 N–H and O–H groups in total. The van der Waals surface area contributed by atoms with E-state index >= 15 is 0 Å². The number of rotatable bonds is 2. The van der Waals surface area contributed by atoms with Crippen molar-refractivity contribution in [2.45, 2.75) is 13.8 Å². The number of hydrogen-bond acceptors (Lipinski definition) is 0. The third-order valence-electron chi connectivity index (χ3n) is 0.644. The minimum atomic E-state index is 1.07. The number of allylic oxidation sites excluding steroid dienone is 5. The van der Waals surface area contributed by atoms with E-state index in [1.165, 1.54) is 0 Å². The predicted octanol–water partition coefficient (Wildman–Crippen LogP) is 2.50. The van der Waals surface area contributed by atoms with Gasteiger partial charge in [-0.1, -0.05) is 30.4 Å². The molecule has 0 aliphatic heterocycles. The van der Waals surface area contributed by atoms with Crippen LogP contribution in [0.1, 0.15) is 13.8 Å². The summed E-state index contributed by atoms with van der Waals surface area (Å²) in [6.07, 6.45) is 8.59. The highest BCUT2D eigenvalue weighted by Crippen LogP contribution is 1.87. The molecule has 43 valence electrons. The van der Waals surface area contributed by atoms with Crippen molar-refractivity contribution >= 4 is 0 Å². The second-order valence-corrected chi connectivity index (χ2v) is 1.66. The van der Waals surface area contributed by atoms with E-state index in [1.807, 2.05) is 32.1 Å². The van der Waals surface area contributed by atoms with Gasteiger partial charge in [0.1, 0.15) is 0 Å². The summed E-state index contributed by atoms with van der Waals surface area (Å²) in [5.74, 6) is 0. The van der Waals surface area contributed by atoms with Crippen molar-refractivity contribution in [1.82, 2.24) is 0 Å². The predicted molar refractivity (Wildman–Crippen MR) is 37.4 cm³/mol. The van der Waals surface area contributed by atoms with Crippen molar-refractivity contribution < 1.29 is 0 Å². The van der Waals surface area contributed by atoms with Gasteiger partial charge < -0.3 is 0 Å².